The molecule has 7 heteroatoms. The van der Waals surface area contributed by atoms with Gasteiger partial charge in [0.25, 0.3) is 0 Å². The van der Waals surface area contributed by atoms with E-state index in [-0.39, 0.29) is 31.1 Å². The molecule has 3 N–H and O–H groups in total. The molecule has 112 valence electrons. The molecule has 1 aromatic carbocycles. The fourth-order valence-corrected chi connectivity index (χ4v) is 4.13. The lowest BCUT2D eigenvalue weighted by atomic mass is 10.1. The van der Waals surface area contributed by atoms with Crippen LogP contribution in [0.5, 0.6) is 0 Å². The van der Waals surface area contributed by atoms with E-state index in [2.05, 4.69) is 22.5 Å². The molecule has 0 fully saturated rings. The molecule has 0 aliphatic heterocycles. The Bertz CT molecular complexity index is 588. The standard InChI is InChI=1S/C13H19BrN2O3S/c1-3-4-16(5-6-17)20(18,19)13-8-11(9-15)7-12(14)10(13)2/h3,7-8,17H,1,4-6,9,15H2,2H3. The van der Waals surface area contributed by atoms with E-state index in [0.717, 1.165) is 5.56 Å². The number of nitrogens with two attached hydrogens (primary N) is 1. The van der Waals surface area contributed by atoms with Gasteiger partial charge < -0.3 is 10.8 Å². The first-order chi connectivity index (χ1) is 9.38. The zero-order chi connectivity index (χ0) is 15.3. The summed E-state index contributed by atoms with van der Waals surface area (Å²) in [7, 11) is -3.69. The van der Waals surface area contributed by atoms with Gasteiger partial charge in [-0.1, -0.05) is 22.0 Å². The minimum atomic E-state index is -3.69. The lowest BCUT2D eigenvalue weighted by Crippen LogP contribution is -2.34. The lowest BCUT2D eigenvalue weighted by Gasteiger charge is -2.21. The maximum absolute atomic E-state index is 12.7. The van der Waals surface area contributed by atoms with E-state index in [9.17, 15) is 8.42 Å². The van der Waals surface area contributed by atoms with Gasteiger partial charge in [-0.25, -0.2) is 8.42 Å². The maximum atomic E-state index is 12.7. The Morgan fingerprint density at radius 2 is 2.15 bits per heavy atom. The fraction of sp³-hybridized carbons (Fsp3) is 0.385. The number of benzene rings is 1. The van der Waals surface area contributed by atoms with Gasteiger partial charge in [-0.2, -0.15) is 4.31 Å². The van der Waals surface area contributed by atoms with Crippen molar-refractivity contribution in [3.05, 3.63) is 40.4 Å². The molecule has 0 unspecified atom stereocenters. The van der Waals surface area contributed by atoms with Crippen molar-refractivity contribution < 1.29 is 13.5 Å². The molecule has 0 bridgehead atoms. The van der Waals surface area contributed by atoms with Crippen molar-refractivity contribution in [2.45, 2.75) is 18.4 Å². The molecule has 0 spiro atoms. The highest BCUT2D eigenvalue weighted by Gasteiger charge is 2.26. The van der Waals surface area contributed by atoms with Gasteiger partial charge in [-0.05, 0) is 30.2 Å². The Morgan fingerprint density at radius 3 is 2.65 bits per heavy atom. The molecule has 0 amide bonds. The van der Waals surface area contributed by atoms with E-state index >= 15 is 0 Å². The van der Waals surface area contributed by atoms with Gasteiger partial charge >= 0.3 is 0 Å². The fourth-order valence-electron chi connectivity index (χ4n) is 1.80. The van der Waals surface area contributed by atoms with Gasteiger partial charge in [0.1, 0.15) is 0 Å². The molecule has 0 atom stereocenters. The number of halogens is 1. The smallest absolute Gasteiger partial charge is 0.243 e. The van der Waals surface area contributed by atoms with Crippen molar-refractivity contribution in [3.8, 4) is 0 Å². The minimum Gasteiger partial charge on any atom is -0.395 e. The van der Waals surface area contributed by atoms with Crippen LogP contribution in [0.2, 0.25) is 0 Å². The number of sulfonamides is 1. The Labute approximate surface area is 128 Å². The van der Waals surface area contributed by atoms with Crippen LogP contribution in [0.1, 0.15) is 11.1 Å². The molecule has 20 heavy (non-hydrogen) atoms. The topological polar surface area (TPSA) is 83.6 Å². The monoisotopic (exact) mass is 362 g/mol. The number of aliphatic hydroxyl groups is 1. The molecule has 0 aliphatic carbocycles. The van der Waals surface area contributed by atoms with Gasteiger partial charge in [0.15, 0.2) is 0 Å². The average molecular weight is 363 g/mol. The second kappa shape index (κ2) is 7.33. The van der Waals surface area contributed by atoms with Gasteiger partial charge in [0, 0.05) is 24.1 Å². The van der Waals surface area contributed by atoms with Crippen molar-refractivity contribution in [3.63, 3.8) is 0 Å². The second-order valence-corrected chi connectivity index (χ2v) is 7.04. The highest BCUT2D eigenvalue weighted by Crippen LogP contribution is 2.28. The van der Waals surface area contributed by atoms with Gasteiger partial charge in [-0.15, -0.1) is 6.58 Å². The van der Waals surface area contributed by atoms with E-state index in [0.29, 0.717) is 10.0 Å². The van der Waals surface area contributed by atoms with Crippen LogP contribution >= 0.6 is 15.9 Å². The Kier molecular flexibility index (Phi) is 6.35. The summed E-state index contributed by atoms with van der Waals surface area (Å²) in [6, 6.07) is 3.38. The third-order valence-corrected chi connectivity index (χ3v) is 5.71. The predicted molar refractivity (Wildman–Crippen MR) is 82.8 cm³/mol. The van der Waals surface area contributed by atoms with Crippen LogP contribution in [0.25, 0.3) is 0 Å². The summed E-state index contributed by atoms with van der Waals surface area (Å²) in [4.78, 5) is 0.197. The highest BCUT2D eigenvalue weighted by molar-refractivity contribution is 9.10. The molecular formula is C13H19BrN2O3S. The summed E-state index contributed by atoms with van der Waals surface area (Å²) in [5, 5.41) is 9.03. The Hall–Kier alpha value is -0.730. The first-order valence-electron chi connectivity index (χ1n) is 6.09. The summed E-state index contributed by atoms with van der Waals surface area (Å²) >= 11 is 3.35. The van der Waals surface area contributed by atoms with Crippen LogP contribution in [0, 0.1) is 6.92 Å². The first kappa shape index (κ1) is 17.3. The quantitative estimate of drug-likeness (QED) is 0.717. The summed E-state index contributed by atoms with van der Waals surface area (Å²) in [5.41, 5.74) is 6.93. The van der Waals surface area contributed by atoms with Crippen LogP contribution < -0.4 is 5.73 Å². The van der Waals surface area contributed by atoms with Gasteiger partial charge in [0.2, 0.25) is 10.0 Å². The number of hydrogen-bond acceptors (Lipinski definition) is 4. The molecule has 0 heterocycles. The summed E-state index contributed by atoms with van der Waals surface area (Å²) in [5.74, 6) is 0. The van der Waals surface area contributed by atoms with Crippen molar-refractivity contribution in [1.29, 1.82) is 0 Å². The zero-order valence-corrected chi connectivity index (χ0v) is 13.7. The Balaban J connectivity index is 3.39. The van der Waals surface area contributed by atoms with Crippen LogP contribution in [-0.4, -0.2) is 37.5 Å². The van der Waals surface area contributed by atoms with E-state index in [4.69, 9.17) is 10.8 Å². The SMILES string of the molecule is C=CCN(CCO)S(=O)(=O)c1cc(CN)cc(Br)c1C. The first-order valence-corrected chi connectivity index (χ1v) is 8.32. The van der Waals surface area contributed by atoms with Crippen molar-refractivity contribution in [2.75, 3.05) is 19.7 Å². The molecule has 0 aromatic heterocycles. The van der Waals surface area contributed by atoms with Crippen LogP contribution in [0.3, 0.4) is 0 Å². The average Bonchev–Trinajstić information content (AvgIpc) is 2.41. The molecule has 0 saturated heterocycles. The third-order valence-electron chi connectivity index (χ3n) is 2.89. The molecule has 1 aromatic rings. The van der Waals surface area contributed by atoms with Crippen molar-refractivity contribution >= 4 is 26.0 Å². The van der Waals surface area contributed by atoms with Crippen LogP contribution in [0.4, 0.5) is 0 Å². The second-order valence-electron chi connectivity index (χ2n) is 4.28. The summed E-state index contributed by atoms with van der Waals surface area (Å²) < 4.78 is 27.2. The lowest BCUT2D eigenvalue weighted by molar-refractivity contribution is 0.260. The van der Waals surface area contributed by atoms with Crippen molar-refractivity contribution in [1.82, 2.24) is 4.31 Å². The molecular weight excluding hydrogens is 344 g/mol. The number of nitrogens with zero attached hydrogens (tertiary/aromatic N) is 1. The van der Waals surface area contributed by atoms with Crippen LogP contribution in [0.15, 0.2) is 34.2 Å². The van der Waals surface area contributed by atoms with Crippen molar-refractivity contribution in [2.24, 2.45) is 5.73 Å². The number of aliphatic hydroxyl groups excluding tert-OH is 1. The highest BCUT2D eigenvalue weighted by atomic mass is 79.9. The Morgan fingerprint density at radius 1 is 1.50 bits per heavy atom. The van der Waals surface area contributed by atoms with Crippen LogP contribution in [-0.2, 0) is 16.6 Å². The minimum absolute atomic E-state index is 0.0261. The molecule has 1 rings (SSSR count). The predicted octanol–water partition coefficient (Wildman–Crippen LogP) is 1.39. The normalized spacial score (nSPS) is 11.8. The molecule has 0 aliphatic rings. The van der Waals surface area contributed by atoms with E-state index in [1.54, 1.807) is 19.1 Å². The maximum Gasteiger partial charge on any atom is 0.243 e. The van der Waals surface area contributed by atoms with E-state index in [1.807, 2.05) is 0 Å². The third kappa shape index (κ3) is 3.67. The molecule has 0 saturated carbocycles. The summed E-state index contributed by atoms with van der Waals surface area (Å²) in [6.07, 6.45) is 1.49. The number of rotatable bonds is 7. The molecule has 5 nitrogen and oxygen atoms in total. The summed E-state index contributed by atoms with van der Waals surface area (Å²) in [6.45, 7) is 5.45. The largest absolute Gasteiger partial charge is 0.395 e. The molecule has 0 radical (unpaired) electrons. The van der Waals surface area contributed by atoms with E-state index < -0.39 is 10.0 Å². The van der Waals surface area contributed by atoms with Gasteiger partial charge in [0.05, 0.1) is 11.5 Å². The van der Waals surface area contributed by atoms with E-state index in [1.165, 1.54) is 10.4 Å². The zero-order valence-electron chi connectivity index (χ0n) is 11.3. The van der Waals surface area contributed by atoms with Gasteiger partial charge in [-0.3, -0.25) is 0 Å². The number of hydrogen-bond donors (Lipinski definition) is 2.